The fourth-order valence-corrected chi connectivity index (χ4v) is 5.99. The zero-order valence-electron chi connectivity index (χ0n) is 26.6. The summed E-state index contributed by atoms with van der Waals surface area (Å²) in [5.41, 5.74) is 12.1. The Hall–Kier alpha value is -5.10. The van der Waals surface area contributed by atoms with Crippen LogP contribution in [0.15, 0.2) is 121 Å². The van der Waals surface area contributed by atoms with Crippen LogP contribution < -0.4 is 18.3 Å². The number of aromatic nitrogens is 4. The molecule has 0 spiro atoms. The number of hydrogen-bond donors (Lipinski definition) is 0. The molecule has 6 heterocycles. The number of allylic oxidation sites excluding steroid dienone is 4. The van der Waals surface area contributed by atoms with Gasteiger partial charge in [0.05, 0.1) is 0 Å². The molecule has 4 aromatic heterocycles. The third-order valence-corrected chi connectivity index (χ3v) is 8.30. The second-order valence-electron chi connectivity index (χ2n) is 11.9. The molecular weight excluding hydrogens is 540 g/mol. The Morgan fingerprint density at radius 1 is 0.477 bits per heavy atom. The lowest BCUT2D eigenvalue weighted by Gasteiger charge is -2.09. The lowest BCUT2D eigenvalue weighted by molar-refractivity contribution is -0.690. The number of aryl methyl sites for hydroxylation is 6. The molecule has 218 valence electrons. The van der Waals surface area contributed by atoms with E-state index in [4.69, 9.17) is 0 Å². The lowest BCUT2D eigenvalue weighted by atomic mass is 10.0. The highest BCUT2D eigenvalue weighted by molar-refractivity contribution is 5.76. The predicted octanol–water partition coefficient (Wildman–Crippen LogP) is 3.41. The molecule has 6 nitrogen and oxygen atoms in total. The molecule has 0 radical (unpaired) electrons. The Kier molecular flexibility index (Phi) is 8.07. The monoisotopic (exact) mass is 582 g/mol. The third kappa shape index (κ3) is 6.30. The van der Waals surface area contributed by atoms with Crippen molar-refractivity contribution in [3.8, 4) is 22.8 Å². The quantitative estimate of drug-likeness (QED) is 0.322. The van der Waals surface area contributed by atoms with E-state index in [2.05, 4.69) is 192 Å². The molecule has 4 aromatic rings. The Bertz CT molecular complexity index is 1830. The highest BCUT2D eigenvalue weighted by atomic mass is 15.0. The van der Waals surface area contributed by atoms with Crippen LogP contribution in [0.2, 0.25) is 0 Å². The molecule has 0 saturated carbocycles. The fourth-order valence-electron chi connectivity index (χ4n) is 5.99. The van der Waals surface area contributed by atoms with Gasteiger partial charge in [-0.2, -0.15) is 18.3 Å². The molecular formula is C38H42N6+6. The van der Waals surface area contributed by atoms with Crippen LogP contribution in [0.4, 0.5) is 0 Å². The molecule has 0 N–H and O–H groups in total. The second kappa shape index (κ2) is 12.3. The van der Waals surface area contributed by atoms with Crippen molar-refractivity contribution in [3.63, 3.8) is 0 Å². The highest BCUT2D eigenvalue weighted by Crippen LogP contribution is 2.19. The normalized spacial score (nSPS) is 16.4. The highest BCUT2D eigenvalue weighted by Gasteiger charge is 2.22. The number of rotatable bonds is 5. The second-order valence-corrected chi connectivity index (χ2v) is 11.9. The SMILES string of the molecule is Cc1ccc(-c2ccc(C=[N+]3C=CC(C4=CC[N+](=Cc5ccc(-c6ccc(C)c[n+]6C)[n+](C)c5)C=C4)=CC3)c[n+]2C)[n+](C)c1. The predicted molar refractivity (Wildman–Crippen MR) is 173 cm³/mol. The van der Waals surface area contributed by atoms with Crippen LogP contribution in [0.25, 0.3) is 22.8 Å². The van der Waals surface area contributed by atoms with Gasteiger partial charge in [-0.05, 0) is 61.4 Å². The zero-order valence-corrected chi connectivity index (χ0v) is 26.6. The minimum atomic E-state index is 0.840. The van der Waals surface area contributed by atoms with E-state index >= 15 is 0 Å². The fraction of sp³-hybridized carbons (Fsp3) is 0.211. The first kappa shape index (κ1) is 29.0. The van der Waals surface area contributed by atoms with Gasteiger partial charge in [0.15, 0.2) is 62.7 Å². The standard InChI is InChI=1S/C38H42N6/c1-29-7-11-35(39(3)23-29)37-13-9-31(25-41(37)5)27-43-19-15-33(16-20-43)34-17-21-44(22-18-34)28-32-10-14-38(42(6)26-32)36-12-8-30(2)24-40(36)4/h7-19,21,23-28H,20,22H2,1-6H3/q+6. The molecule has 0 aromatic carbocycles. The molecule has 6 rings (SSSR count). The van der Waals surface area contributed by atoms with Gasteiger partial charge in [0.2, 0.25) is 0 Å². The van der Waals surface area contributed by atoms with Gasteiger partial charge in [0.1, 0.15) is 39.3 Å². The average Bonchev–Trinajstić information content (AvgIpc) is 2.99. The molecule has 0 amide bonds. The maximum absolute atomic E-state index is 2.30. The van der Waals surface area contributed by atoms with Crippen molar-refractivity contribution >= 4 is 12.4 Å². The van der Waals surface area contributed by atoms with E-state index in [0.717, 1.165) is 13.1 Å². The van der Waals surface area contributed by atoms with E-state index in [9.17, 15) is 0 Å². The van der Waals surface area contributed by atoms with E-state index in [-0.39, 0.29) is 0 Å². The van der Waals surface area contributed by atoms with Gasteiger partial charge in [0, 0.05) is 47.5 Å². The first-order valence-electron chi connectivity index (χ1n) is 15.1. The summed E-state index contributed by atoms with van der Waals surface area (Å²) in [6.45, 7) is 5.92. The molecule has 0 bridgehead atoms. The van der Waals surface area contributed by atoms with Gasteiger partial charge in [-0.25, -0.2) is 9.15 Å². The Morgan fingerprint density at radius 2 is 0.841 bits per heavy atom. The van der Waals surface area contributed by atoms with Crippen molar-refractivity contribution in [2.24, 2.45) is 28.2 Å². The molecule has 6 heteroatoms. The Morgan fingerprint density at radius 3 is 1.16 bits per heavy atom. The maximum Gasteiger partial charge on any atom is 0.277 e. The van der Waals surface area contributed by atoms with Crippen molar-refractivity contribution in [1.82, 2.24) is 0 Å². The lowest BCUT2D eigenvalue weighted by Crippen LogP contribution is -2.38. The third-order valence-electron chi connectivity index (χ3n) is 8.30. The van der Waals surface area contributed by atoms with E-state index in [1.807, 2.05) is 0 Å². The summed E-state index contributed by atoms with van der Waals surface area (Å²) >= 11 is 0. The van der Waals surface area contributed by atoms with Gasteiger partial charge in [-0.1, -0.05) is 0 Å². The van der Waals surface area contributed by atoms with Crippen molar-refractivity contribution in [2.75, 3.05) is 13.1 Å². The molecule has 44 heavy (non-hydrogen) atoms. The van der Waals surface area contributed by atoms with E-state index in [1.165, 1.54) is 56.2 Å². The first-order chi connectivity index (χ1) is 21.2. The summed E-state index contributed by atoms with van der Waals surface area (Å²) in [6, 6.07) is 17.5. The van der Waals surface area contributed by atoms with Crippen LogP contribution in [0.3, 0.4) is 0 Å². The molecule has 2 aliphatic heterocycles. The van der Waals surface area contributed by atoms with Crippen molar-refractivity contribution < 1.29 is 27.4 Å². The van der Waals surface area contributed by atoms with Crippen molar-refractivity contribution in [3.05, 3.63) is 143 Å². The average molecular weight is 583 g/mol. The number of nitrogens with zero attached hydrogens (tertiary/aromatic N) is 6. The molecule has 0 aliphatic carbocycles. The van der Waals surface area contributed by atoms with Crippen LogP contribution in [0, 0.1) is 13.8 Å². The van der Waals surface area contributed by atoms with E-state index < -0.39 is 0 Å². The minimum Gasteiger partial charge on any atom is -0.201 e. The van der Waals surface area contributed by atoms with Crippen molar-refractivity contribution in [2.45, 2.75) is 13.8 Å². The van der Waals surface area contributed by atoms with Crippen LogP contribution in [-0.4, -0.2) is 34.7 Å². The minimum absolute atomic E-state index is 0.840. The number of hydrogen-bond acceptors (Lipinski definition) is 0. The largest absolute Gasteiger partial charge is 0.277 e. The van der Waals surface area contributed by atoms with Crippen LogP contribution in [0.1, 0.15) is 22.3 Å². The molecule has 0 fully saturated rings. The van der Waals surface area contributed by atoms with E-state index in [0.29, 0.717) is 0 Å². The molecule has 0 unspecified atom stereocenters. The van der Waals surface area contributed by atoms with Crippen LogP contribution in [0.5, 0.6) is 0 Å². The Labute approximate surface area is 260 Å². The van der Waals surface area contributed by atoms with Gasteiger partial charge < -0.3 is 0 Å². The summed E-state index contributed by atoms with van der Waals surface area (Å²) in [5.74, 6) is 0. The molecule has 0 saturated heterocycles. The summed E-state index contributed by atoms with van der Waals surface area (Å²) in [7, 11) is 8.42. The van der Waals surface area contributed by atoms with Gasteiger partial charge in [0.25, 0.3) is 22.8 Å². The Balaban J connectivity index is 1.10. The summed E-state index contributed by atoms with van der Waals surface area (Å²) < 4.78 is 13.2. The maximum atomic E-state index is 2.30. The van der Waals surface area contributed by atoms with Crippen molar-refractivity contribution in [1.29, 1.82) is 0 Å². The smallest absolute Gasteiger partial charge is 0.201 e. The van der Waals surface area contributed by atoms with Crippen LogP contribution >= 0.6 is 0 Å². The summed E-state index contributed by atoms with van der Waals surface area (Å²) in [4.78, 5) is 0. The van der Waals surface area contributed by atoms with E-state index in [1.54, 1.807) is 0 Å². The summed E-state index contributed by atoms with van der Waals surface area (Å²) in [6.07, 6.45) is 26.5. The van der Waals surface area contributed by atoms with Crippen LogP contribution in [-0.2, 0) is 28.2 Å². The zero-order chi connectivity index (χ0) is 30.8. The molecule has 0 atom stereocenters. The number of pyridine rings is 4. The topological polar surface area (TPSA) is 21.5 Å². The molecule has 2 aliphatic rings. The van der Waals surface area contributed by atoms with Gasteiger partial charge in [-0.3, -0.25) is 0 Å². The van der Waals surface area contributed by atoms with Gasteiger partial charge >= 0.3 is 0 Å². The summed E-state index contributed by atoms with van der Waals surface area (Å²) in [5, 5.41) is 0. The van der Waals surface area contributed by atoms with Gasteiger partial charge in [-0.15, -0.1) is 0 Å². The first-order valence-corrected chi connectivity index (χ1v) is 15.1.